The van der Waals surface area contributed by atoms with Gasteiger partial charge in [-0.1, -0.05) is 42.5 Å². The molecule has 0 saturated heterocycles. The van der Waals surface area contributed by atoms with E-state index in [2.05, 4.69) is 32.1 Å². The van der Waals surface area contributed by atoms with Crippen LogP contribution in [0.4, 0.5) is 10.1 Å². The highest BCUT2D eigenvalue weighted by Crippen LogP contribution is 2.33. The Morgan fingerprint density at radius 2 is 1.86 bits per heavy atom. The van der Waals surface area contributed by atoms with Crippen LogP contribution in [0.5, 0.6) is 5.75 Å². The van der Waals surface area contributed by atoms with E-state index in [9.17, 15) is 9.18 Å². The van der Waals surface area contributed by atoms with Crippen LogP contribution in [0, 0.1) is 5.82 Å². The van der Waals surface area contributed by atoms with Gasteiger partial charge in [0.2, 0.25) is 0 Å². The Kier molecular flexibility index (Phi) is 6.64. The van der Waals surface area contributed by atoms with Crippen LogP contribution in [0.15, 0.2) is 79.1 Å². The van der Waals surface area contributed by atoms with Crippen molar-refractivity contribution in [3.63, 3.8) is 0 Å². The van der Waals surface area contributed by atoms with Gasteiger partial charge in [0.05, 0.1) is 30.1 Å². The third kappa shape index (κ3) is 4.78. The zero-order valence-corrected chi connectivity index (χ0v) is 20.9. The van der Waals surface area contributed by atoms with Crippen LogP contribution in [0.1, 0.15) is 21.6 Å². The topological polar surface area (TPSA) is 73.1 Å². The summed E-state index contributed by atoms with van der Waals surface area (Å²) >= 11 is 0. The van der Waals surface area contributed by atoms with Gasteiger partial charge < -0.3 is 9.64 Å². The Balaban J connectivity index is 1.50. The molecule has 0 saturated carbocycles. The van der Waals surface area contributed by atoms with Gasteiger partial charge in [0, 0.05) is 38.6 Å². The first-order valence-corrected chi connectivity index (χ1v) is 11.8. The van der Waals surface area contributed by atoms with E-state index in [1.54, 1.807) is 18.2 Å². The monoisotopic (exact) mass is 495 g/mol. The van der Waals surface area contributed by atoms with E-state index in [1.807, 2.05) is 55.3 Å². The summed E-state index contributed by atoms with van der Waals surface area (Å²) in [6.45, 7) is 0.667. The number of Topliss-reactive ketones (excluding diaryl/α,β-unsaturated/α-hetero) is 1. The molecule has 0 aliphatic heterocycles. The van der Waals surface area contributed by atoms with Crippen LogP contribution in [-0.4, -0.2) is 39.7 Å². The Morgan fingerprint density at radius 1 is 1.05 bits per heavy atom. The zero-order valence-electron chi connectivity index (χ0n) is 20.9. The summed E-state index contributed by atoms with van der Waals surface area (Å²) in [6.07, 6.45) is 3.41. The predicted molar refractivity (Wildman–Crippen MR) is 141 cm³/mol. The molecule has 0 aliphatic carbocycles. The van der Waals surface area contributed by atoms with E-state index in [1.165, 1.54) is 19.4 Å². The minimum atomic E-state index is -0.518. The Labute approximate surface area is 214 Å². The third-order valence-electron chi connectivity index (χ3n) is 6.34. The number of ether oxygens (including phenoxy) is 1. The van der Waals surface area contributed by atoms with Gasteiger partial charge >= 0.3 is 0 Å². The molecule has 2 heterocycles. The lowest BCUT2D eigenvalue weighted by Gasteiger charge is -2.23. The summed E-state index contributed by atoms with van der Waals surface area (Å²) < 4.78 is 21.7. The number of carbonyl (C=O) groups excluding carboxylic acids is 1. The molecule has 7 nitrogen and oxygen atoms in total. The number of hydrogen-bond donors (Lipinski definition) is 0. The molecular weight excluding hydrogens is 469 g/mol. The van der Waals surface area contributed by atoms with Gasteiger partial charge in [0.15, 0.2) is 11.6 Å². The first kappa shape index (κ1) is 24.1. The Hall–Kier alpha value is -4.59. The van der Waals surface area contributed by atoms with Crippen LogP contribution in [-0.2, 0) is 20.0 Å². The molecule has 5 aromatic rings. The van der Waals surface area contributed by atoms with Crippen molar-refractivity contribution in [2.45, 2.75) is 13.0 Å². The number of halogens is 1. The van der Waals surface area contributed by atoms with E-state index in [0.717, 1.165) is 27.7 Å². The number of carbonyl (C=O) groups is 1. The van der Waals surface area contributed by atoms with Gasteiger partial charge in [-0.15, -0.1) is 0 Å². The van der Waals surface area contributed by atoms with Crippen molar-refractivity contribution in [3.05, 3.63) is 102 Å². The number of fused-ring (bicyclic) bond motifs is 1. The molecule has 37 heavy (non-hydrogen) atoms. The lowest BCUT2D eigenvalue weighted by Crippen LogP contribution is -2.19. The summed E-state index contributed by atoms with van der Waals surface area (Å²) in [5.41, 5.74) is 4.25. The lowest BCUT2D eigenvalue weighted by atomic mass is 10.0. The number of aromatic nitrogens is 4. The summed E-state index contributed by atoms with van der Waals surface area (Å²) in [5.74, 6) is -0.311. The van der Waals surface area contributed by atoms with Crippen LogP contribution in [0.3, 0.4) is 0 Å². The van der Waals surface area contributed by atoms with Crippen molar-refractivity contribution in [1.29, 1.82) is 0 Å². The summed E-state index contributed by atoms with van der Waals surface area (Å²) in [4.78, 5) is 24.2. The molecule has 0 amide bonds. The fourth-order valence-corrected chi connectivity index (χ4v) is 4.58. The molecule has 0 spiro atoms. The summed E-state index contributed by atoms with van der Waals surface area (Å²) in [6, 6.07) is 20.1. The molecule has 5 rings (SSSR count). The molecule has 0 atom stereocenters. The summed E-state index contributed by atoms with van der Waals surface area (Å²) in [7, 11) is 5.36. The van der Waals surface area contributed by atoms with Crippen LogP contribution < -0.4 is 9.64 Å². The van der Waals surface area contributed by atoms with Crippen molar-refractivity contribution >= 4 is 22.4 Å². The minimum absolute atomic E-state index is 0.102. The molecule has 186 valence electrons. The first-order valence-electron chi connectivity index (χ1n) is 11.8. The molecule has 0 bridgehead atoms. The predicted octanol–water partition coefficient (Wildman–Crippen LogP) is 5.24. The normalized spacial score (nSPS) is 11.0. The fraction of sp³-hybridized carbons (Fsp3) is 0.172. The van der Waals surface area contributed by atoms with E-state index < -0.39 is 5.82 Å². The van der Waals surface area contributed by atoms with E-state index in [0.29, 0.717) is 12.3 Å². The van der Waals surface area contributed by atoms with Gasteiger partial charge in [-0.2, -0.15) is 5.10 Å². The highest BCUT2D eigenvalue weighted by Gasteiger charge is 2.20. The molecule has 0 aliphatic rings. The molecule has 0 fully saturated rings. The standard InChI is InChI=1S/C29H26FN5O2/c1-34(18-19-8-5-4-6-9-19)28-20(12-13-24-21(28)17-32-35(24)2)16-25(36)23-14-15-31-29(33-23)27-22(30)10-7-11-26(27)37-3/h4-15,17H,16,18H2,1-3H3. The third-order valence-corrected chi connectivity index (χ3v) is 6.34. The first-order chi connectivity index (χ1) is 18.0. The fourth-order valence-electron chi connectivity index (χ4n) is 4.58. The van der Waals surface area contributed by atoms with Gasteiger partial charge in [-0.25, -0.2) is 14.4 Å². The van der Waals surface area contributed by atoms with Crippen molar-refractivity contribution in [2.75, 3.05) is 19.1 Å². The maximum Gasteiger partial charge on any atom is 0.185 e. The number of methoxy groups -OCH3 is 1. The number of benzene rings is 3. The smallest absolute Gasteiger partial charge is 0.185 e. The van der Waals surface area contributed by atoms with E-state index >= 15 is 0 Å². The molecular formula is C29H26FN5O2. The van der Waals surface area contributed by atoms with Crippen LogP contribution in [0.2, 0.25) is 0 Å². The SMILES string of the molecule is COc1cccc(F)c1-c1nccc(C(=O)Cc2ccc3c(cnn3C)c2N(C)Cc2ccccc2)n1. The average Bonchev–Trinajstić information content (AvgIpc) is 3.29. The molecule has 2 aromatic heterocycles. The van der Waals surface area contributed by atoms with E-state index in [-0.39, 0.29) is 29.3 Å². The lowest BCUT2D eigenvalue weighted by molar-refractivity contribution is 0.0988. The van der Waals surface area contributed by atoms with Crippen molar-refractivity contribution in [2.24, 2.45) is 7.05 Å². The summed E-state index contributed by atoms with van der Waals surface area (Å²) in [5, 5.41) is 5.39. The highest BCUT2D eigenvalue weighted by atomic mass is 19.1. The minimum Gasteiger partial charge on any atom is -0.496 e. The molecule has 0 radical (unpaired) electrons. The number of hydrogen-bond acceptors (Lipinski definition) is 6. The maximum absolute atomic E-state index is 14.6. The zero-order chi connectivity index (χ0) is 25.9. The Morgan fingerprint density at radius 3 is 2.65 bits per heavy atom. The van der Waals surface area contributed by atoms with Crippen molar-refractivity contribution < 1.29 is 13.9 Å². The number of aryl methyl sites for hydroxylation is 1. The van der Waals surface area contributed by atoms with E-state index in [4.69, 9.17) is 4.74 Å². The van der Waals surface area contributed by atoms with Crippen LogP contribution in [0.25, 0.3) is 22.3 Å². The molecule has 0 unspecified atom stereocenters. The second-order valence-corrected chi connectivity index (χ2v) is 8.80. The number of anilines is 1. The maximum atomic E-state index is 14.6. The number of nitrogens with zero attached hydrogens (tertiary/aromatic N) is 5. The van der Waals surface area contributed by atoms with Gasteiger partial charge in [0.25, 0.3) is 0 Å². The highest BCUT2D eigenvalue weighted by molar-refractivity contribution is 6.00. The largest absolute Gasteiger partial charge is 0.496 e. The molecule has 8 heteroatoms. The quantitative estimate of drug-likeness (QED) is 0.274. The number of rotatable bonds is 8. The van der Waals surface area contributed by atoms with Gasteiger partial charge in [0.1, 0.15) is 17.3 Å². The second-order valence-electron chi connectivity index (χ2n) is 8.80. The van der Waals surface area contributed by atoms with Crippen LogP contribution >= 0.6 is 0 Å². The van der Waals surface area contributed by atoms with Crippen molar-refractivity contribution in [3.8, 4) is 17.1 Å². The van der Waals surface area contributed by atoms with Gasteiger partial charge in [-0.05, 0) is 35.4 Å². The van der Waals surface area contributed by atoms with Gasteiger partial charge in [-0.3, -0.25) is 9.48 Å². The molecule has 3 aromatic carbocycles. The molecule has 0 N–H and O–H groups in total. The second kappa shape index (κ2) is 10.2. The average molecular weight is 496 g/mol. The van der Waals surface area contributed by atoms with Crippen molar-refractivity contribution in [1.82, 2.24) is 19.7 Å². The Bertz CT molecular complexity index is 1580. The number of ketones is 1.